The van der Waals surface area contributed by atoms with Gasteiger partial charge in [-0.15, -0.1) is 0 Å². The normalized spacial score (nSPS) is 22.2. The number of para-hydroxylation sites is 1. The number of carbonyl (C=O) groups is 1. The first-order valence-electron chi connectivity index (χ1n) is 9.36. The molecule has 0 aromatic heterocycles. The quantitative estimate of drug-likeness (QED) is 0.677. The summed E-state index contributed by atoms with van der Waals surface area (Å²) in [5.74, 6) is 0.513. The second kappa shape index (κ2) is 9.87. The minimum absolute atomic E-state index is 0.401. The summed E-state index contributed by atoms with van der Waals surface area (Å²) < 4.78 is 16.8. The lowest BCUT2D eigenvalue weighted by Gasteiger charge is -2.31. The fourth-order valence-corrected chi connectivity index (χ4v) is 3.33. The molecule has 2 saturated heterocycles. The molecule has 1 aromatic carbocycles. The molecule has 1 unspecified atom stereocenters. The molecule has 3 rings (SSSR count). The van der Waals surface area contributed by atoms with Gasteiger partial charge >= 0.3 is 0 Å². The van der Waals surface area contributed by atoms with Gasteiger partial charge in [0, 0.05) is 44.8 Å². The maximum Gasteiger partial charge on any atom is 0.247 e. The van der Waals surface area contributed by atoms with Crippen LogP contribution in [0, 0.1) is 0 Å². The van der Waals surface area contributed by atoms with Crippen LogP contribution in [0.2, 0.25) is 0 Å². The standard InChI is InChI=1S/C19H29N3O4/c20-19(23)18-15-22(9-13-26-18)14-16-4-1-2-5-17(16)25-10-3-6-21-7-11-24-12-8-21/h1-2,4-5,18H,3,6-15H2,(H2,20,23). The predicted molar refractivity (Wildman–Crippen MR) is 98.0 cm³/mol. The number of hydrogen-bond acceptors (Lipinski definition) is 6. The Balaban J connectivity index is 1.47. The molecule has 26 heavy (non-hydrogen) atoms. The number of morpholine rings is 2. The second-order valence-electron chi connectivity index (χ2n) is 6.76. The molecule has 7 heteroatoms. The van der Waals surface area contributed by atoms with Crippen molar-refractivity contribution in [3.8, 4) is 5.75 Å². The first-order chi connectivity index (χ1) is 12.7. The highest BCUT2D eigenvalue weighted by Gasteiger charge is 2.25. The third-order valence-electron chi connectivity index (χ3n) is 4.81. The molecule has 144 valence electrons. The van der Waals surface area contributed by atoms with E-state index in [1.165, 1.54) is 0 Å². The summed E-state index contributed by atoms with van der Waals surface area (Å²) in [6.07, 6.45) is 0.473. The summed E-state index contributed by atoms with van der Waals surface area (Å²) in [5.41, 5.74) is 6.50. The Morgan fingerprint density at radius 1 is 1.15 bits per heavy atom. The minimum atomic E-state index is -0.523. The van der Waals surface area contributed by atoms with Gasteiger partial charge in [0.15, 0.2) is 0 Å². The van der Waals surface area contributed by atoms with Crippen molar-refractivity contribution in [2.75, 3.05) is 59.2 Å². The van der Waals surface area contributed by atoms with E-state index in [4.69, 9.17) is 19.9 Å². The average molecular weight is 363 g/mol. The molecular weight excluding hydrogens is 334 g/mol. The molecule has 0 aliphatic carbocycles. The summed E-state index contributed by atoms with van der Waals surface area (Å²) in [7, 11) is 0. The molecule has 2 aliphatic heterocycles. The van der Waals surface area contributed by atoms with E-state index in [0.29, 0.717) is 19.8 Å². The molecule has 2 aliphatic rings. The van der Waals surface area contributed by atoms with Gasteiger partial charge in [-0.05, 0) is 12.5 Å². The van der Waals surface area contributed by atoms with Crippen LogP contribution in [-0.4, -0.2) is 81.0 Å². The number of nitrogens with two attached hydrogens (primary N) is 1. The molecular formula is C19H29N3O4. The molecule has 0 spiro atoms. The Morgan fingerprint density at radius 2 is 1.92 bits per heavy atom. The monoisotopic (exact) mass is 363 g/mol. The number of ether oxygens (including phenoxy) is 3. The van der Waals surface area contributed by atoms with Gasteiger partial charge in [0.2, 0.25) is 5.91 Å². The summed E-state index contributed by atoms with van der Waals surface area (Å²) in [4.78, 5) is 16.0. The van der Waals surface area contributed by atoms with Crippen LogP contribution in [0.25, 0.3) is 0 Å². The Kier molecular flexibility index (Phi) is 7.25. The van der Waals surface area contributed by atoms with E-state index in [2.05, 4.69) is 15.9 Å². The van der Waals surface area contributed by atoms with E-state index in [0.717, 1.165) is 63.7 Å². The number of rotatable bonds is 8. The van der Waals surface area contributed by atoms with Crippen LogP contribution < -0.4 is 10.5 Å². The van der Waals surface area contributed by atoms with Crippen LogP contribution in [-0.2, 0) is 20.8 Å². The topological polar surface area (TPSA) is 77.3 Å². The van der Waals surface area contributed by atoms with Crippen molar-refractivity contribution in [2.45, 2.75) is 19.1 Å². The third-order valence-corrected chi connectivity index (χ3v) is 4.81. The van der Waals surface area contributed by atoms with E-state index in [9.17, 15) is 4.79 Å². The van der Waals surface area contributed by atoms with E-state index in [1.54, 1.807) is 0 Å². The van der Waals surface area contributed by atoms with E-state index < -0.39 is 12.0 Å². The zero-order valence-electron chi connectivity index (χ0n) is 15.3. The summed E-state index contributed by atoms with van der Waals surface area (Å²) >= 11 is 0. The van der Waals surface area contributed by atoms with Crippen LogP contribution in [0.3, 0.4) is 0 Å². The van der Waals surface area contributed by atoms with E-state index in [1.807, 2.05) is 18.2 Å². The number of carbonyl (C=O) groups excluding carboxylic acids is 1. The highest BCUT2D eigenvalue weighted by atomic mass is 16.5. The fourth-order valence-electron chi connectivity index (χ4n) is 3.33. The second-order valence-corrected chi connectivity index (χ2v) is 6.76. The largest absolute Gasteiger partial charge is 0.493 e. The lowest BCUT2D eigenvalue weighted by molar-refractivity contribution is -0.135. The van der Waals surface area contributed by atoms with Crippen LogP contribution in [0.1, 0.15) is 12.0 Å². The molecule has 0 radical (unpaired) electrons. The zero-order valence-corrected chi connectivity index (χ0v) is 15.3. The van der Waals surface area contributed by atoms with Gasteiger partial charge in [-0.3, -0.25) is 14.6 Å². The highest BCUT2D eigenvalue weighted by Crippen LogP contribution is 2.21. The molecule has 0 saturated carbocycles. The lowest BCUT2D eigenvalue weighted by Crippen LogP contribution is -2.47. The zero-order chi connectivity index (χ0) is 18.2. The number of nitrogens with zero attached hydrogens (tertiary/aromatic N) is 2. The SMILES string of the molecule is NC(=O)C1CN(Cc2ccccc2OCCCN2CCOCC2)CCO1. The van der Waals surface area contributed by atoms with Gasteiger partial charge in [0.1, 0.15) is 11.9 Å². The number of amides is 1. The number of benzene rings is 1. The predicted octanol–water partition coefficient (Wildman–Crippen LogP) is 0.474. The van der Waals surface area contributed by atoms with Crippen molar-refractivity contribution >= 4 is 5.91 Å². The molecule has 2 heterocycles. The van der Waals surface area contributed by atoms with Gasteiger partial charge < -0.3 is 19.9 Å². The van der Waals surface area contributed by atoms with E-state index in [-0.39, 0.29) is 0 Å². The minimum Gasteiger partial charge on any atom is -0.493 e. The molecule has 1 amide bonds. The molecule has 1 atom stereocenters. The Bertz CT molecular complexity index is 578. The van der Waals surface area contributed by atoms with Crippen molar-refractivity contribution in [2.24, 2.45) is 5.73 Å². The van der Waals surface area contributed by atoms with Gasteiger partial charge in [-0.2, -0.15) is 0 Å². The maximum atomic E-state index is 11.4. The maximum absolute atomic E-state index is 11.4. The van der Waals surface area contributed by atoms with Crippen molar-refractivity contribution in [3.05, 3.63) is 29.8 Å². The summed E-state index contributed by atoms with van der Waals surface area (Å²) in [5, 5.41) is 0. The van der Waals surface area contributed by atoms with Gasteiger partial charge in [0.25, 0.3) is 0 Å². The Morgan fingerprint density at radius 3 is 2.73 bits per heavy atom. The summed E-state index contributed by atoms with van der Waals surface area (Å²) in [6.45, 7) is 7.98. The average Bonchev–Trinajstić information content (AvgIpc) is 2.67. The Labute approximate surface area is 155 Å². The Hall–Kier alpha value is -1.67. The van der Waals surface area contributed by atoms with Crippen molar-refractivity contribution in [1.29, 1.82) is 0 Å². The first-order valence-corrected chi connectivity index (χ1v) is 9.36. The van der Waals surface area contributed by atoms with Gasteiger partial charge in [0.05, 0.1) is 26.4 Å². The molecule has 1 aromatic rings. The molecule has 2 N–H and O–H groups in total. The van der Waals surface area contributed by atoms with Crippen molar-refractivity contribution in [3.63, 3.8) is 0 Å². The van der Waals surface area contributed by atoms with Crippen molar-refractivity contribution in [1.82, 2.24) is 9.80 Å². The van der Waals surface area contributed by atoms with Gasteiger partial charge in [-0.25, -0.2) is 0 Å². The van der Waals surface area contributed by atoms with Crippen LogP contribution in [0.15, 0.2) is 24.3 Å². The molecule has 7 nitrogen and oxygen atoms in total. The van der Waals surface area contributed by atoms with Crippen LogP contribution in [0.5, 0.6) is 5.75 Å². The first kappa shape index (κ1) is 19.1. The number of primary amides is 1. The smallest absolute Gasteiger partial charge is 0.247 e. The highest BCUT2D eigenvalue weighted by molar-refractivity contribution is 5.79. The third kappa shape index (κ3) is 5.67. The number of hydrogen-bond donors (Lipinski definition) is 1. The fraction of sp³-hybridized carbons (Fsp3) is 0.632. The van der Waals surface area contributed by atoms with Crippen molar-refractivity contribution < 1.29 is 19.0 Å². The molecule has 2 fully saturated rings. The lowest BCUT2D eigenvalue weighted by atomic mass is 10.1. The van der Waals surface area contributed by atoms with Gasteiger partial charge in [-0.1, -0.05) is 18.2 Å². The molecule has 0 bridgehead atoms. The van der Waals surface area contributed by atoms with Crippen LogP contribution in [0.4, 0.5) is 0 Å². The van der Waals surface area contributed by atoms with Crippen LogP contribution >= 0.6 is 0 Å². The summed E-state index contributed by atoms with van der Waals surface area (Å²) in [6, 6.07) is 8.09. The van der Waals surface area contributed by atoms with E-state index >= 15 is 0 Å².